The summed E-state index contributed by atoms with van der Waals surface area (Å²) in [5, 5.41) is 19.7. The molecule has 1 spiro atoms. The average Bonchev–Trinajstić information content (AvgIpc) is 3.05. The van der Waals surface area contributed by atoms with E-state index in [1.807, 2.05) is 0 Å². The first-order valence-corrected chi connectivity index (χ1v) is 8.18. The number of likely N-dealkylation sites (tertiary alicyclic amines) is 1. The summed E-state index contributed by atoms with van der Waals surface area (Å²) in [5.74, 6) is 0.00815. The van der Waals surface area contributed by atoms with Gasteiger partial charge in [-0.25, -0.2) is 9.78 Å². The molecule has 2 aliphatic rings. The predicted molar refractivity (Wildman–Crippen MR) is 85.6 cm³/mol. The SMILES string of the molecule is O=C(NCC1CC12CCCCN2C(=O)O)c1cnc2[nH]ncc2c1. The minimum Gasteiger partial charge on any atom is -0.465 e. The van der Waals surface area contributed by atoms with E-state index in [1.54, 1.807) is 17.2 Å². The number of carbonyl (C=O) groups is 2. The molecule has 1 aliphatic carbocycles. The molecule has 1 aliphatic heterocycles. The lowest BCUT2D eigenvalue weighted by Crippen LogP contribution is -2.47. The van der Waals surface area contributed by atoms with Crippen molar-refractivity contribution in [2.24, 2.45) is 5.92 Å². The quantitative estimate of drug-likeness (QED) is 0.792. The molecule has 126 valence electrons. The number of amides is 2. The van der Waals surface area contributed by atoms with Gasteiger partial charge in [-0.1, -0.05) is 0 Å². The fourth-order valence-corrected chi connectivity index (χ4v) is 3.89. The Bertz CT molecular complexity index is 804. The zero-order valence-corrected chi connectivity index (χ0v) is 13.2. The van der Waals surface area contributed by atoms with Crippen LogP contribution in [0.4, 0.5) is 4.79 Å². The zero-order valence-electron chi connectivity index (χ0n) is 13.2. The number of pyridine rings is 1. The molecular formula is C16H19N5O3. The Balaban J connectivity index is 1.40. The first-order valence-electron chi connectivity index (χ1n) is 8.18. The van der Waals surface area contributed by atoms with Gasteiger partial charge in [0.15, 0.2) is 5.65 Å². The van der Waals surface area contributed by atoms with Gasteiger partial charge in [0.25, 0.3) is 5.91 Å². The number of H-pyrrole nitrogens is 1. The number of rotatable bonds is 3. The molecule has 4 rings (SSSR count). The van der Waals surface area contributed by atoms with Crippen molar-refractivity contribution < 1.29 is 14.7 Å². The summed E-state index contributed by atoms with van der Waals surface area (Å²) in [5.41, 5.74) is 0.869. The highest BCUT2D eigenvalue weighted by atomic mass is 16.4. The summed E-state index contributed by atoms with van der Waals surface area (Å²) in [4.78, 5) is 29.5. The van der Waals surface area contributed by atoms with Gasteiger partial charge >= 0.3 is 6.09 Å². The van der Waals surface area contributed by atoms with E-state index in [-0.39, 0.29) is 17.4 Å². The van der Waals surface area contributed by atoms with E-state index in [9.17, 15) is 14.7 Å². The van der Waals surface area contributed by atoms with Gasteiger partial charge in [-0.15, -0.1) is 0 Å². The molecule has 0 radical (unpaired) electrons. The molecule has 2 fully saturated rings. The van der Waals surface area contributed by atoms with E-state index in [0.717, 1.165) is 31.1 Å². The Morgan fingerprint density at radius 1 is 1.42 bits per heavy atom. The second-order valence-corrected chi connectivity index (χ2v) is 6.64. The number of fused-ring (bicyclic) bond motifs is 1. The number of aromatic amines is 1. The molecule has 0 bridgehead atoms. The summed E-state index contributed by atoms with van der Waals surface area (Å²) in [7, 11) is 0. The number of hydrogen-bond acceptors (Lipinski definition) is 4. The third-order valence-electron chi connectivity index (χ3n) is 5.27. The number of carboxylic acid groups (broad SMARTS) is 1. The zero-order chi connectivity index (χ0) is 16.7. The summed E-state index contributed by atoms with van der Waals surface area (Å²) in [6, 6.07) is 1.74. The van der Waals surface area contributed by atoms with E-state index < -0.39 is 6.09 Å². The van der Waals surface area contributed by atoms with Gasteiger partial charge in [0.05, 0.1) is 17.3 Å². The number of aromatic nitrogens is 3. The van der Waals surface area contributed by atoms with Crippen molar-refractivity contribution in [1.29, 1.82) is 0 Å². The molecule has 2 atom stereocenters. The van der Waals surface area contributed by atoms with Crippen molar-refractivity contribution in [3.63, 3.8) is 0 Å². The van der Waals surface area contributed by atoms with E-state index in [1.165, 1.54) is 6.20 Å². The van der Waals surface area contributed by atoms with Gasteiger partial charge in [0.2, 0.25) is 0 Å². The van der Waals surface area contributed by atoms with Crippen molar-refractivity contribution in [3.8, 4) is 0 Å². The maximum atomic E-state index is 12.3. The molecule has 1 saturated heterocycles. The standard InChI is InChI=1S/C16H19N5O3/c22-14(11-5-10-8-19-20-13(10)17-7-11)18-9-12-6-16(12)3-1-2-4-21(16)15(23)24/h5,7-8,12H,1-4,6,9H2,(H,18,22)(H,23,24)(H,17,19,20). The molecule has 2 aromatic rings. The van der Waals surface area contributed by atoms with Crippen LogP contribution in [0.3, 0.4) is 0 Å². The summed E-state index contributed by atoms with van der Waals surface area (Å²) < 4.78 is 0. The summed E-state index contributed by atoms with van der Waals surface area (Å²) in [6.45, 7) is 1.09. The lowest BCUT2D eigenvalue weighted by Gasteiger charge is -2.35. The molecule has 2 aromatic heterocycles. The number of carbonyl (C=O) groups excluding carboxylic acids is 1. The highest BCUT2D eigenvalue weighted by Gasteiger charge is 2.60. The maximum absolute atomic E-state index is 12.3. The lowest BCUT2D eigenvalue weighted by molar-refractivity contribution is 0.0882. The van der Waals surface area contributed by atoms with Gasteiger partial charge in [0.1, 0.15) is 0 Å². The van der Waals surface area contributed by atoms with E-state index in [2.05, 4.69) is 20.5 Å². The monoisotopic (exact) mass is 329 g/mol. The number of nitrogens with one attached hydrogen (secondary N) is 2. The highest BCUT2D eigenvalue weighted by molar-refractivity contribution is 5.96. The Kier molecular flexibility index (Phi) is 3.40. The lowest BCUT2D eigenvalue weighted by atomic mass is 9.98. The van der Waals surface area contributed by atoms with Gasteiger partial charge < -0.3 is 15.3 Å². The van der Waals surface area contributed by atoms with Crippen LogP contribution >= 0.6 is 0 Å². The van der Waals surface area contributed by atoms with Crippen LogP contribution in [-0.4, -0.2) is 55.8 Å². The Labute approximate surface area is 138 Å². The van der Waals surface area contributed by atoms with Crippen LogP contribution in [0.1, 0.15) is 36.0 Å². The fraction of sp³-hybridized carbons (Fsp3) is 0.500. The van der Waals surface area contributed by atoms with Gasteiger partial charge in [0, 0.05) is 30.6 Å². The van der Waals surface area contributed by atoms with Crippen molar-refractivity contribution in [2.45, 2.75) is 31.2 Å². The molecule has 2 amide bonds. The molecule has 1 saturated carbocycles. The van der Waals surface area contributed by atoms with Crippen molar-refractivity contribution in [1.82, 2.24) is 25.4 Å². The van der Waals surface area contributed by atoms with Crippen LogP contribution in [0.5, 0.6) is 0 Å². The summed E-state index contributed by atoms with van der Waals surface area (Å²) >= 11 is 0. The minimum absolute atomic E-state index is 0.190. The van der Waals surface area contributed by atoms with E-state index >= 15 is 0 Å². The molecule has 24 heavy (non-hydrogen) atoms. The Morgan fingerprint density at radius 3 is 3.12 bits per heavy atom. The smallest absolute Gasteiger partial charge is 0.407 e. The third-order valence-corrected chi connectivity index (χ3v) is 5.27. The molecule has 0 aromatic carbocycles. The molecule has 3 heterocycles. The van der Waals surface area contributed by atoms with Crippen molar-refractivity contribution >= 4 is 23.0 Å². The Hall–Kier alpha value is -2.64. The van der Waals surface area contributed by atoms with Crippen LogP contribution in [-0.2, 0) is 0 Å². The van der Waals surface area contributed by atoms with Crippen molar-refractivity contribution in [2.75, 3.05) is 13.1 Å². The van der Waals surface area contributed by atoms with Crippen molar-refractivity contribution in [3.05, 3.63) is 24.0 Å². The van der Waals surface area contributed by atoms with Crippen LogP contribution in [0.15, 0.2) is 18.5 Å². The molecule has 8 heteroatoms. The van der Waals surface area contributed by atoms with Crippen LogP contribution in [0.25, 0.3) is 11.0 Å². The fourth-order valence-electron chi connectivity index (χ4n) is 3.89. The molecular weight excluding hydrogens is 310 g/mol. The first-order chi connectivity index (χ1) is 11.6. The van der Waals surface area contributed by atoms with Gasteiger partial charge in [-0.2, -0.15) is 5.10 Å². The van der Waals surface area contributed by atoms with Crippen LogP contribution < -0.4 is 5.32 Å². The second-order valence-electron chi connectivity index (χ2n) is 6.64. The second kappa shape index (κ2) is 5.47. The highest BCUT2D eigenvalue weighted by Crippen LogP contribution is 2.53. The largest absolute Gasteiger partial charge is 0.465 e. The molecule has 3 N–H and O–H groups in total. The molecule has 2 unspecified atom stereocenters. The maximum Gasteiger partial charge on any atom is 0.407 e. The predicted octanol–water partition coefficient (Wildman–Crippen LogP) is 1.61. The van der Waals surface area contributed by atoms with Crippen LogP contribution in [0, 0.1) is 5.92 Å². The first kappa shape index (κ1) is 14.9. The average molecular weight is 329 g/mol. The van der Waals surface area contributed by atoms with Gasteiger partial charge in [-0.3, -0.25) is 9.89 Å². The molecule has 8 nitrogen and oxygen atoms in total. The number of nitrogens with zero attached hydrogens (tertiary/aromatic N) is 3. The number of hydrogen-bond donors (Lipinski definition) is 3. The normalized spacial score (nSPS) is 25.8. The number of piperidine rings is 1. The minimum atomic E-state index is -0.849. The Morgan fingerprint density at radius 2 is 2.29 bits per heavy atom. The third kappa shape index (κ3) is 2.38. The summed E-state index contributed by atoms with van der Waals surface area (Å²) in [6.07, 6.45) is 5.99. The van der Waals surface area contributed by atoms with E-state index in [4.69, 9.17) is 0 Å². The van der Waals surface area contributed by atoms with Gasteiger partial charge in [-0.05, 0) is 31.7 Å². The topological polar surface area (TPSA) is 111 Å². The van der Waals surface area contributed by atoms with Crippen LogP contribution in [0.2, 0.25) is 0 Å². The van der Waals surface area contributed by atoms with E-state index in [0.29, 0.717) is 24.3 Å².